The molecule has 0 unspecified atom stereocenters. The fourth-order valence-corrected chi connectivity index (χ4v) is 4.54. The van der Waals surface area contributed by atoms with Crippen LogP contribution in [0, 0.1) is 0 Å². The zero-order chi connectivity index (χ0) is 26.6. The summed E-state index contributed by atoms with van der Waals surface area (Å²) in [6, 6.07) is 24.1. The average molecular weight is 512 g/mol. The standard InChI is InChI=1S/C32H37N3O3/c1-3-12-25-18-19-29(30(23-25)37-2)38-22-10-9-21-35-28-16-8-7-15-27(28)34-31(35)17-11-20-33-32(36)24-26-13-5-4-6-14-26/h3-8,12-16,18-19,23H,9-11,17,20-22,24H2,1-2H3,(H,33,36)/b12-3+. The van der Waals surface area contributed by atoms with Gasteiger partial charge in [-0.1, -0.05) is 60.7 Å². The van der Waals surface area contributed by atoms with Crippen molar-refractivity contribution < 1.29 is 14.3 Å². The Hall–Kier alpha value is -4.06. The van der Waals surface area contributed by atoms with Crippen LogP contribution < -0.4 is 14.8 Å². The Bertz CT molecular complexity index is 1340. The van der Waals surface area contributed by atoms with Crippen LogP contribution in [0.25, 0.3) is 17.1 Å². The van der Waals surface area contributed by atoms with Crippen LogP contribution in [0.5, 0.6) is 11.5 Å². The number of methoxy groups -OCH3 is 1. The van der Waals surface area contributed by atoms with Gasteiger partial charge in [0.2, 0.25) is 5.91 Å². The summed E-state index contributed by atoms with van der Waals surface area (Å²) in [5.74, 6) is 2.63. The number of amides is 1. The summed E-state index contributed by atoms with van der Waals surface area (Å²) in [5.41, 5.74) is 4.28. The van der Waals surface area contributed by atoms with Crippen LogP contribution in [0.15, 0.2) is 78.9 Å². The summed E-state index contributed by atoms with van der Waals surface area (Å²) in [5, 5.41) is 3.04. The van der Waals surface area contributed by atoms with Gasteiger partial charge in [-0.2, -0.15) is 0 Å². The first-order valence-electron chi connectivity index (χ1n) is 13.4. The maximum Gasteiger partial charge on any atom is 0.224 e. The highest BCUT2D eigenvalue weighted by Gasteiger charge is 2.11. The molecule has 0 aliphatic carbocycles. The molecule has 6 nitrogen and oxygen atoms in total. The molecule has 0 atom stereocenters. The Balaban J connectivity index is 1.27. The number of nitrogens with zero attached hydrogens (tertiary/aromatic N) is 2. The maximum atomic E-state index is 12.3. The number of aryl methyl sites for hydroxylation is 2. The van der Waals surface area contributed by atoms with Gasteiger partial charge in [-0.15, -0.1) is 0 Å². The van der Waals surface area contributed by atoms with Crippen LogP contribution in [0.4, 0.5) is 0 Å². The number of hydrogen-bond acceptors (Lipinski definition) is 4. The Morgan fingerprint density at radius 3 is 2.61 bits per heavy atom. The van der Waals surface area contributed by atoms with Gasteiger partial charge in [-0.25, -0.2) is 4.98 Å². The summed E-state index contributed by atoms with van der Waals surface area (Å²) in [6.07, 6.45) is 8.00. The number of ether oxygens (including phenoxy) is 2. The Kier molecular flexibility index (Phi) is 9.96. The molecule has 0 radical (unpaired) electrons. The summed E-state index contributed by atoms with van der Waals surface area (Å²) in [7, 11) is 1.67. The van der Waals surface area contributed by atoms with E-state index in [1.165, 1.54) is 0 Å². The van der Waals surface area contributed by atoms with E-state index in [1.54, 1.807) is 7.11 Å². The highest BCUT2D eigenvalue weighted by Crippen LogP contribution is 2.29. The van der Waals surface area contributed by atoms with Crippen molar-refractivity contribution in [1.82, 2.24) is 14.9 Å². The van der Waals surface area contributed by atoms with Crippen molar-refractivity contribution in [3.8, 4) is 11.5 Å². The number of allylic oxidation sites excluding steroid dienone is 1. The molecule has 0 saturated carbocycles. The van der Waals surface area contributed by atoms with Crippen molar-refractivity contribution in [3.63, 3.8) is 0 Å². The molecule has 0 fully saturated rings. The van der Waals surface area contributed by atoms with E-state index in [0.717, 1.165) is 71.7 Å². The minimum atomic E-state index is 0.0535. The van der Waals surface area contributed by atoms with E-state index in [9.17, 15) is 4.79 Å². The third kappa shape index (κ3) is 7.48. The van der Waals surface area contributed by atoms with E-state index in [1.807, 2.05) is 73.7 Å². The third-order valence-corrected chi connectivity index (χ3v) is 6.42. The van der Waals surface area contributed by atoms with Crippen molar-refractivity contribution in [2.24, 2.45) is 0 Å². The minimum Gasteiger partial charge on any atom is -0.493 e. The number of imidazole rings is 1. The first kappa shape index (κ1) is 27.0. The molecule has 0 spiro atoms. The molecular weight excluding hydrogens is 474 g/mol. The van der Waals surface area contributed by atoms with Crippen LogP contribution in [0.3, 0.4) is 0 Å². The number of nitrogens with one attached hydrogen (secondary N) is 1. The van der Waals surface area contributed by atoms with Crippen molar-refractivity contribution in [2.45, 2.75) is 45.6 Å². The van der Waals surface area contributed by atoms with Crippen molar-refractivity contribution in [1.29, 1.82) is 0 Å². The second-order valence-electron chi connectivity index (χ2n) is 9.25. The maximum absolute atomic E-state index is 12.3. The number of unbranched alkanes of at least 4 members (excludes halogenated alkanes) is 1. The number of carbonyl (C=O) groups excluding carboxylic acids is 1. The quantitative estimate of drug-likeness (QED) is 0.204. The van der Waals surface area contributed by atoms with Crippen LogP contribution in [-0.4, -0.2) is 35.7 Å². The van der Waals surface area contributed by atoms with Crippen molar-refractivity contribution in [2.75, 3.05) is 20.3 Å². The lowest BCUT2D eigenvalue weighted by Crippen LogP contribution is -2.26. The van der Waals surface area contributed by atoms with Crippen molar-refractivity contribution in [3.05, 3.63) is 95.8 Å². The molecule has 6 heteroatoms. The highest BCUT2D eigenvalue weighted by atomic mass is 16.5. The van der Waals surface area contributed by atoms with E-state index in [2.05, 4.69) is 28.1 Å². The minimum absolute atomic E-state index is 0.0535. The number of carbonyl (C=O) groups is 1. The lowest BCUT2D eigenvalue weighted by molar-refractivity contribution is -0.120. The molecule has 3 aromatic carbocycles. The fourth-order valence-electron chi connectivity index (χ4n) is 4.54. The van der Waals surface area contributed by atoms with Crippen LogP contribution in [-0.2, 0) is 24.2 Å². The average Bonchev–Trinajstić information content (AvgIpc) is 3.29. The second-order valence-corrected chi connectivity index (χ2v) is 9.25. The Morgan fingerprint density at radius 1 is 0.974 bits per heavy atom. The van der Waals surface area contributed by atoms with Crippen LogP contribution in [0.1, 0.15) is 43.1 Å². The monoisotopic (exact) mass is 511 g/mol. The van der Waals surface area contributed by atoms with Gasteiger partial charge in [0, 0.05) is 19.5 Å². The summed E-state index contributed by atoms with van der Waals surface area (Å²) in [4.78, 5) is 17.2. The van der Waals surface area contributed by atoms with Crippen LogP contribution in [0.2, 0.25) is 0 Å². The fraction of sp³-hybridized carbons (Fsp3) is 0.312. The van der Waals surface area contributed by atoms with E-state index in [4.69, 9.17) is 14.5 Å². The largest absolute Gasteiger partial charge is 0.493 e. The van der Waals surface area contributed by atoms with E-state index < -0.39 is 0 Å². The van der Waals surface area contributed by atoms with Gasteiger partial charge in [-0.3, -0.25) is 4.79 Å². The lowest BCUT2D eigenvalue weighted by atomic mass is 10.1. The van der Waals surface area contributed by atoms with Gasteiger partial charge in [-0.05, 0) is 61.6 Å². The predicted octanol–water partition coefficient (Wildman–Crippen LogP) is 6.23. The van der Waals surface area contributed by atoms with E-state index in [0.29, 0.717) is 19.6 Å². The molecule has 4 aromatic rings. The molecule has 0 aliphatic rings. The SMILES string of the molecule is C/C=C/c1ccc(OCCCCn2c(CCCNC(=O)Cc3ccccc3)nc3ccccc32)c(OC)c1. The molecule has 0 aliphatic heterocycles. The third-order valence-electron chi connectivity index (χ3n) is 6.42. The summed E-state index contributed by atoms with van der Waals surface area (Å²) >= 11 is 0. The zero-order valence-corrected chi connectivity index (χ0v) is 22.4. The number of fused-ring (bicyclic) bond motifs is 1. The normalized spacial score (nSPS) is 11.2. The molecular formula is C32H37N3O3. The molecule has 0 bridgehead atoms. The summed E-state index contributed by atoms with van der Waals surface area (Å²) < 4.78 is 13.8. The first-order chi connectivity index (χ1) is 18.7. The molecule has 1 N–H and O–H groups in total. The zero-order valence-electron chi connectivity index (χ0n) is 22.4. The van der Waals surface area contributed by atoms with Gasteiger partial charge >= 0.3 is 0 Å². The Morgan fingerprint density at radius 2 is 1.79 bits per heavy atom. The predicted molar refractivity (Wildman–Crippen MR) is 154 cm³/mol. The van der Waals surface area contributed by atoms with Crippen molar-refractivity contribution >= 4 is 23.0 Å². The lowest BCUT2D eigenvalue weighted by Gasteiger charge is -2.12. The molecule has 4 rings (SSSR count). The van der Waals surface area contributed by atoms with Gasteiger partial charge in [0.15, 0.2) is 11.5 Å². The number of para-hydroxylation sites is 2. The van der Waals surface area contributed by atoms with E-state index >= 15 is 0 Å². The number of hydrogen-bond donors (Lipinski definition) is 1. The topological polar surface area (TPSA) is 65.4 Å². The Labute approximate surface area is 225 Å². The first-order valence-corrected chi connectivity index (χ1v) is 13.4. The molecule has 0 saturated heterocycles. The van der Waals surface area contributed by atoms with Gasteiger partial charge < -0.3 is 19.4 Å². The number of aromatic nitrogens is 2. The molecule has 1 heterocycles. The molecule has 1 aromatic heterocycles. The molecule has 38 heavy (non-hydrogen) atoms. The van der Waals surface area contributed by atoms with Gasteiger partial charge in [0.1, 0.15) is 5.82 Å². The van der Waals surface area contributed by atoms with Gasteiger partial charge in [0.25, 0.3) is 0 Å². The van der Waals surface area contributed by atoms with E-state index in [-0.39, 0.29) is 5.91 Å². The number of benzene rings is 3. The highest BCUT2D eigenvalue weighted by molar-refractivity contribution is 5.78. The van der Waals surface area contributed by atoms with Gasteiger partial charge in [0.05, 0.1) is 31.2 Å². The molecule has 198 valence electrons. The summed E-state index contributed by atoms with van der Waals surface area (Å²) in [6.45, 7) is 4.12. The van der Waals surface area contributed by atoms with Crippen LogP contribution >= 0.6 is 0 Å². The second kappa shape index (κ2) is 14.0. The smallest absolute Gasteiger partial charge is 0.224 e. The molecule has 1 amide bonds. The number of rotatable bonds is 14.